The number of hydrogen-bond donors (Lipinski definition) is 2. The lowest BCUT2D eigenvalue weighted by Crippen LogP contribution is -2.40. The summed E-state index contributed by atoms with van der Waals surface area (Å²) in [5.41, 5.74) is 2.66. The maximum Gasteiger partial charge on any atom is 0.191 e. The topological polar surface area (TPSA) is 36.4 Å². The van der Waals surface area contributed by atoms with Crippen LogP contribution in [0.2, 0.25) is 0 Å². The first kappa shape index (κ1) is 15.5. The van der Waals surface area contributed by atoms with Crippen molar-refractivity contribution in [1.82, 2.24) is 10.6 Å². The van der Waals surface area contributed by atoms with Gasteiger partial charge in [0.2, 0.25) is 0 Å². The fourth-order valence-electron chi connectivity index (χ4n) is 1.78. The highest BCUT2D eigenvalue weighted by atomic mass is 15.2. The lowest BCUT2D eigenvalue weighted by atomic mass is 10.0. The molecule has 19 heavy (non-hydrogen) atoms. The van der Waals surface area contributed by atoms with E-state index in [9.17, 15) is 0 Å². The molecule has 0 aliphatic heterocycles. The molecule has 0 aliphatic rings. The van der Waals surface area contributed by atoms with E-state index in [1.165, 1.54) is 11.1 Å². The zero-order valence-corrected chi connectivity index (χ0v) is 12.8. The molecule has 0 aliphatic carbocycles. The smallest absolute Gasteiger partial charge is 0.191 e. The monoisotopic (exact) mass is 261 g/mol. The molecule has 1 aromatic rings. The van der Waals surface area contributed by atoms with Crippen molar-refractivity contribution in [2.75, 3.05) is 20.1 Å². The highest BCUT2D eigenvalue weighted by molar-refractivity contribution is 5.79. The minimum atomic E-state index is 0.471. The molecule has 106 valence electrons. The zero-order valence-electron chi connectivity index (χ0n) is 12.8. The standard InChI is InChI=1S/C16H27N3/c1-12(2)10-18-16(17-5)19-11-14(4)15-8-6-13(3)7-9-15/h6-9,12,14H,10-11H2,1-5H3,(H2,17,18,19). The van der Waals surface area contributed by atoms with Crippen molar-refractivity contribution in [2.45, 2.75) is 33.6 Å². The van der Waals surface area contributed by atoms with Crippen molar-refractivity contribution < 1.29 is 0 Å². The normalized spacial score (nSPS) is 13.5. The summed E-state index contributed by atoms with van der Waals surface area (Å²) < 4.78 is 0. The van der Waals surface area contributed by atoms with Crippen LogP contribution in [0.3, 0.4) is 0 Å². The Kier molecular flexibility index (Phi) is 6.40. The number of benzene rings is 1. The van der Waals surface area contributed by atoms with Crippen molar-refractivity contribution in [3.05, 3.63) is 35.4 Å². The molecule has 1 aromatic carbocycles. The van der Waals surface area contributed by atoms with E-state index in [2.05, 4.69) is 67.6 Å². The van der Waals surface area contributed by atoms with E-state index in [1.54, 1.807) is 0 Å². The van der Waals surface area contributed by atoms with Crippen molar-refractivity contribution in [1.29, 1.82) is 0 Å². The fourth-order valence-corrected chi connectivity index (χ4v) is 1.78. The van der Waals surface area contributed by atoms with E-state index in [4.69, 9.17) is 0 Å². The van der Waals surface area contributed by atoms with Gasteiger partial charge in [-0.15, -0.1) is 0 Å². The van der Waals surface area contributed by atoms with Crippen molar-refractivity contribution in [2.24, 2.45) is 10.9 Å². The van der Waals surface area contributed by atoms with Gasteiger partial charge < -0.3 is 10.6 Å². The first-order valence-electron chi connectivity index (χ1n) is 7.04. The van der Waals surface area contributed by atoms with Gasteiger partial charge in [0, 0.05) is 20.1 Å². The molecule has 0 fully saturated rings. The van der Waals surface area contributed by atoms with Gasteiger partial charge in [0.1, 0.15) is 0 Å². The summed E-state index contributed by atoms with van der Waals surface area (Å²) in [6.07, 6.45) is 0. The van der Waals surface area contributed by atoms with Gasteiger partial charge in [-0.05, 0) is 24.3 Å². The average molecular weight is 261 g/mol. The minimum Gasteiger partial charge on any atom is -0.356 e. The first-order valence-corrected chi connectivity index (χ1v) is 7.04. The Morgan fingerprint density at radius 2 is 1.63 bits per heavy atom. The molecule has 0 radical (unpaired) electrons. The number of guanidine groups is 1. The molecule has 3 heteroatoms. The predicted octanol–water partition coefficient (Wildman–Crippen LogP) is 2.92. The van der Waals surface area contributed by atoms with Gasteiger partial charge in [-0.3, -0.25) is 4.99 Å². The van der Waals surface area contributed by atoms with E-state index in [0.29, 0.717) is 11.8 Å². The van der Waals surface area contributed by atoms with Gasteiger partial charge in [-0.1, -0.05) is 50.6 Å². The third-order valence-electron chi connectivity index (χ3n) is 3.12. The number of nitrogens with one attached hydrogen (secondary N) is 2. The van der Waals surface area contributed by atoms with Crippen molar-refractivity contribution in [3.63, 3.8) is 0 Å². The molecule has 0 heterocycles. The van der Waals surface area contributed by atoms with E-state index in [0.717, 1.165) is 19.0 Å². The van der Waals surface area contributed by atoms with E-state index in [-0.39, 0.29) is 0 Å². The van der Waals surface area contributed by atoms with Gasteiger partial charge in [0.25, 0.3) is 0 Å². The maximum absolute atomic E-state index is 4.23. The molecular formula is C16H27N3. The number of aryl methyl sites for hydroxylation is 1. The van der Waals surface area contributed by atoms with Gasteiger partial charge in [0.15, 0.2) is 5.96 Å². The van der Waals surface area contributed by atoms with Crippen LogP contribution < -0.4 is 10.6 Å². The summed E-state index contributed by atoms with van der Waals surface area (Å²) >= 11 is 0. The van der Waals surface area contributed by atoms with Crippen LogP contribution in [0, 0.1) is 12.8 Å². The Morgan fingerprint density at radius 3 is 2.16 bits per heavy atom. The Balaban J connectivity index is 2.44. The molecule has 0 spiro atoms. The molecule has 1 atom stereocenters. The summed E-state index contributed by atoms with van der Waals surface area (Å²) in [7, 11) is 1.81. The van der Waals surface area contributed by atoms with Crippen molar-refractivity contribution in [3.8, 4) is 0 Å². The second-order valence-corrected chi connectivity index (χ2v) is 5.54. The van der Waals surface area contributed by atoms with E-state index < -0.39 is 0 Å². The first-order chi connectivity index (χ1) is 9.02. The molecule has 0 saturated carbocycles. The summed E-state index contributed by atoms with van der Waals surface area (Å²) in [5, 5.41) is 6.70. The van der Waals surface area contributed by atoms with Gasteiger partial charge in [-0.25, -0.2) is 0 Å². The van der Waals surface area contributed by atoms with Gasteiger partial charge >= 0.3 is 0 Å². The SMILES string of the molecule is CN=C(NCC(C)C)NCC(C)c1ccc(C)cc1. The second-order valence-electron chi connectivity index (χ2n) is 5.54. The van der Waals surface area contributed by atoms with Gasteiger partial charge in [-0.2, -0.15) is 0 Å². The molecule has 0 amide bonds. The Bertz CT molecular complexity index is 393. The van der Waals surface area contributed by atoms with Crippen LogP contribution in [0.4, 0.5) is 0 Å². The Labute approximate surface area is 117 Å². The molecule has 2 N–H and O–H groups in total. The van der Waals surface area contributed by atoms with Crippen LogP contribution in [0.15, 0.2) is 29.3 Å². The highest BCUT2D eigenvalue weighted by Crippen LogP contribution is 2.14. The van der Waals surface area contributed by atoms with Gasteiger partial charge in [0.05, 0.1) is 0 Å². The Hall–Kier alpha value is -1.51. The van der Waals surface area contributed by atoms with E-state index in [1.807, 2.05) is 7.05 Å². The minimum absolute atomic E-state index is 0.471. The Morgan fingerprint density at radius 1 is 1.05 bits per heavy atom. The molecule has 0 saturated heterocycles. The summed E-state index contributed by atoms with van der Waals surface area (Å²) in [4.78, 5) is 4.23. The predicted molar refractivity (Wildman–Crippen MR) is 83.8 cm³/mol. The number of rotatable bonds is 5. The average Bonchev–Trinajstić information content (AvgIpc) is 2.39. The summed E-state index contributed by atoms with van der Waals surface area (Å²) in [5.74, 6) is 1.97. The zero-order chi connectivity index (χ0) is 14.3. The molecule has 1 rings (SSSR count). The fraction of sp³-hybridized carbons (Fsp3) is 0.562. The van der Waals surface area contributed by atoms with Crippen LogP contribution in [0.25, 0.3) is 0 Å². The largest absolute Gasteiger partial charge is 0.356 e. The molecule has 1 unspecified atom stereocenters. The summed E-state index contributed by atoms with van der Waals surface area (Å²) in [6.45, 7) is 10.6. The summed E-state index contributed by atoms with van der Waals surface area (Å²) in [6, 6.07) is 8.73. The van der Waals surface area contributed by atoms with Crippen LogP contribution in [0.5, 0.6) is 0 Å². The van der Waals surface area contributed by atoms with Crippen LogP contribution >= 0.6 is 0 Å². The molecular weight excluding hydrogens is 234 g/mol. The molecule has 0 aromatic heterocycles. The van der Waals surface area contributed by atoms with E-state index >= 15 is 0 Å². The lowest BCUT2D eigenvalue weighted by Gasteiger charge is -2.17. The van der Waals surface area contributed by atoms with Crippen LogP contribution in [-0.2, 0) is 0 Å². The third-order valence-corrected chi connectivity index (χ3v) is 3.12. The molecule has 0 bridgehead atoms. The van der Waals surface area contributed by atoms with Crippen LogP contribution in [-0.4, -0.2) is 26.1 Å². The van der Waals surface area contributed by atoms with Crippen LogP contribution in [0.1, 0.15) is 37.8 Å². The quantitative estimate of drug-likeness (QED) is 0.631. The maximum atomic E-state index is 4.23. The number of nitrogens with zero attached hydrogens (tertiary/aromatic N) is 1. The highest BCUT2D eigenvalue weighted by Gasteiger charge is 2.06. The molecule has 3 nitrogen and oxygen atoms in total. The number of hydrogen-bond acceptors (Lipinski definition) is 1. The number of aliphatic imine (C=N–C) groups is 1. The van der Waals surface area contributed by atoms with Crippen molar-refractivity contribution >= 4 is 5.96 Å². The lowest BCUT2D eigenvalue weighted by molar-refractivity contribution is 0.609. The third kappa shape index (κ3) is 5.77. The second kappa shape index (κ2) is 7.82.